The maximum absolute atomic E-state index is 11.9. The van der Waals surface area contributed by atoms with Crippen LogP contribution in [0.15, 0.2) is 24.5 Å². The topological polar surface area (TPSA) is 84.2 Å². The molecule has 100 valence electrons. The summed E-state index contributed by atoms with van der Waals surface area (Å²) in [6.45, 7) is 1.80. The minimum absolute atomic E-state index is 0.209. The van der Waals surface area contributed by atoms with Crippen LogP contribution >= 0.6 is 11.3 Å². The van der Waals surface area contributed by atoms with Gasteiger partial charge in [-0.1, -0.05) is 6.92 Å². The first-order chi connectivity index (χ1) is 9.08. The average molecular weight is 279 g/mol. The number of hydrogen-bond acceptors (Lipinski definition) is 4. The van der Waals surface area contributed by atoms with E-state index in [1.165, 1.54) is 28.4 Å². The van der Waals surface area contributed by atoms with Gasteiger partial charge in [0, 0.05) is 11.1 Å². The second-order valence-electron chi connectivity index (χ2n) is 3.89. The van der Waals surface area contributed by atoms with E-state index in [9.17, 15) is 9.59 Å². The lowest BCUT2D eigenvalue weighted by molar-refractivity contribution is -0.137. The van der Waals surface area contributed by atoms with Gasteiger partial charge in [-0.2, -0.15) is 5.10 Å². The molecule has 2 rings (SSSR count). The molecule has 0 fully saturated rings. The van der Waals surface area contributed by atoms with E-state index >= 15 is 0 Å². The zero-order valence-corrected chi connectivity index (χ0v) is 11.1. The Morgan fingerprint density at radius 3 is 2.89 bits per heavy atom. The Hall–Kier alpha value is -2.15. The fourth-order valence-electron chi connectivity index (χ4n) is 1.54. The molecule has 6 nitrogen and oxygen atoms in total. The molecule has 2 heterocycles. The predicted octanol–water partition coefficient (Wildman–Crippen LogP) is 1.84. The van der Waals surface area contributed by atoms with Crippen LogP contribution in [-0.2, 0) is 17.8 Å². The third-order valence-electron chi connectivity index (χ3n) is 2.42. The first-order valence-corrected chi connectivity index (χ1v) is 6.54. The lowest BCUT2D eigenvalue weighted by Gasteiger charge is -1.99. The lowest BCUT2D eigenvalue weighted by Crippen LogP contribution is -2.10. The molecule has 0 saturated carbocycles. The van der Waals surface area contributed by atoms with Crippen molar-refractivity contribution in [2.75, 3.05) is 5.32 Å². The highest BCUT2D eigenvalue weighted by Gasteiger charge is 2.10. The van der Waals surface area contributed by atoms with Crippen LogP contribution in [0.4, 0.5) is 5.69 Å². The van der Waals surface area contributed by atoms with Crippen molar-refractivity contribution in [1.29, 1.82) is 0 Å². The zero-order valence-electron chi connectivity index (χ0n) is 10.3. The van der Waals surface area contributed by atoms with Gasteiger partial charge in [0.05, 0.1) is 16.8 Å². The quantitative estimate of drug-likeness (QED) is 0.874. The van der Waals surface area contributed by atoms with Gasteiger partial charge in [0.15, 0.2) is 0 Å². The minimum atomic E-state index is -0.980. The Balaban J connectivity index is 2.02. The fourth-order valence-corrected chi connectivity index (χ4v) is 2.38. The fraction of sp³-hybridized carbons (Fsp3) is 0.250. The van der Waals surface area contributed by atoms with Crippen molar-refractivity contribution in [3.05, 3.63) is 34.3 Å². The number of nitrogens with zero attached hydrogens (tertiary/aromatic N) is 2. The molecule has 2 N–H and O–H groups in total. The summed E-state index contributed by atoms with van der Waals surface area (Å²) in [6, 6.07) is 3.70. The molecule has 0 aromatic carbocycles. The second-order valence-corrected chi connectivity index (χ2v) is 5.06. The lowest BCUT2D eigenvalue weighted by atomic mass is 10.3. The molecule has 0 aliphatic carbocycles. The number of carboxylic acid groups (broad SMARTS) is 1. The highest BCUT2D eigenvalue weighted by atomic mass is 32.1. The van der Waals surface area contributed by atoms with E-state index in [1.54, 1.807) is 6.07 Å². The highest BCUT2D eigenvalue weighted by Crippen LogP contribution is 2.18. The summed E-state index contributed by atoms with van der Waals surface area (Å²) in [5, 5.41) is 15.2. The Labute approximate surface area is 113 Å². The van der Waals surface area contributed by atoms with Gasteiger partial charge >= 0.3 is 5.97 Å². The van der Waals surface area contributed by atoms with Crippen LogP contribution in [0.2, 0.25) is 0 Å². The standard InChI is InChI=1S/C12H13N3O3S/c1-2-9-3-4-10(19-9)12(18)14-8-5-13-15(6-8)7-11(16)17/h3-6H,2,7H2,1H3,(H,14,18)(H,16,17). The van der Waals surface area contributed by atoms with E-state index in [4.69, 9.17) is 5.11 Å². The minimum Gasteiger partial charge on any atom is -0.480 e. The third-order valence-corrected chi connectivity index (χ3v) is 3.65. The number of aryl methyl sites for hydroxylation is 1. The summed E-state index contributed by atoms with van der Waals surface area (Å²) in [6.07, 6.45) is 3.81. The van der Waals surface area contributed by atoms with Gasteiger partial charge in [0.1, 0.15) is 6.54 Å². The summed E-state index contributed by atoms with van der Waals surface area (Å²) in [5.41, 5.74) is 0.484. The number of aromatic nitrogens is 2. The van der Waals surface area contributed by atoms with Crippen LogP contribution in [0.5, 0.6) is 0 Å². The number of nitrogens with one attached hydrogen (secondary N) is 1. The van der Waals surface area contributed by atoms with Gasteiger partial charge < -0.3 is 10.4 Å². The van der Waals surface area contributed by atoms with Gasteiger partial charge in [0.25, 0.3) is 5.91 Å². The van der Waals surface area contributed by atoms with Crippen LogP contribution in [-0.4, -0.2) is 26.8 Å². The second kappa shape index (κ2) is 5.66. The molecule has 0 unspecified atom stereocenters. The first kappa shape index (κ1) is 13.3. The van der Waals surface area contributed by atoms with E-state index in [-0.39, 0.29) is 12.5 Å². The van der Waals surface area contributed by atoms with E-state index in [0.29, 0.717) is 10.6 Å². The van der Waals surface area contributed by atoms with Crippen molar-refractivity contribution in [3.8, 4) is 0 Å². The molecule has 7 heteroatoms. The number of carbonyl (C=O) groups excluding carboxylic acids is 1. The van der Waals surface area contributed by atoms with Crippen molar-refractivity contribution < 1.29 is 14.7 Å². The van der Waals surface area contributed by atoms with Crippen molar-refractivity contribution in [1.82, 2.24) is 9.78 Å². The number of hydrogen-bond donors (Lipinski definition) is 2. The van der Waals surface area contributed by atoms with Crippen LogP contribution in [0, 0.1) is 0 Å². The number of thiophene rings is 1. The van der Waals surface area contributed by atoms with Crippen molar-refractivity contribution in [3.63, 3.8) is 0 Å². The Kier molecular flexibility index (Phi) is 3.96. The summed E-state index contributed by atoms with van der Waals surface area (Å²) in [7, 11) is 0. The van der Waals surface area contributed by atoms with Crippen LogP contribution in [0.25, 0.3) is 0 Å². The Bertz CT molecular complexity index is 603. The molecular weight excluding hydrogens is 266 g/mol. The molecule has 2 aromatic rings. The summed E-state index contributed by atoms with van der Waals surface area (Å²) in [5.74, 6) is -1.19. The molecule has 0 atom stereocenters. The monoisotopic (exact) mass is 279 g/mol. The number of carbonyl (C=O) groups is 2. The van der Waals surface area contributed by atoms with Crippen molar-refractivity contribution in [2.24, 2.45) is 0 Å². The largest absolute Gasteiger partial charge is 0.480 e. The highest BCUT2D eigenvalue weighted by molar-refractivity contribution is 7.14. The van der Waals surface area contributed by atoms with Crippen molar-refractivity contribution in [2.45, 2.75) is 19.9 Å². The average Bonchev–Trinajstić information content (AvgIpc) is 2.97. The molecule has 0 saturated heterocycles. The molecule has 0 radical (unpaired) electrons. The van der Waals surface area contributed by atoms with E-state index in [2.05, 4.69) is 10.4 Å². The predicted molar refractivity (Wildman–Crippen MR) is 71.5 cm³/mol. The molecule has 0 bridgehead atoms. The van der Waals surface area contributed by atoms with Gasteiger partial charge in [-0.25, -0.2) is 0 Å². The number of anilines is 1. The zero-order chi connectivity index (χ0) is 13.8. The molecule has 19 heavy (non-hydrogen) atoms. The molecule has 0 aliphatic rings. The molecule has 0 spiro atoms. The van der Waals surface area contributed by atoms with Gasteiger partial charge in [-0.15, -0.1) is 11.3 Å². The SMILES string of the molecule is CCc1ccc(C(=O)Nc2cnn(CC(=O)O)c2)s1. The van der Waals surface area contributed by atoms with Crippen LogP contribution < -0.4 is 5.32 Å². The molecular formula is C12H13N3O3S. The maximum atomic E-state index is 11.9. The summed E-state index contributed by atoms with van der Waals surface area (Å²) in [4.78, 5) is 24.2. The first-order valence-electron chi connectivity index (χ1n) is 5.72. The molecule has 1 amide bonds. The molecule has 0 aliphatic heterocycles. The van der Waals surface area contributed by atoms with Gasteiger partial charge in [-0.3, -0.25) is 14.3 Å². The van der Waals surface area contributed by atoms with Gasteiger partial charge in [-0.05, 0) is 18.6 Å². The number of aliphatic carboxylic acids is 1. The van der Waals surface area contributed by atoms with E-state index < -0.39 is 5.97 Å². The number of carboxylic acids is 1. The Morgan fingerprint density at radius 2 is 2.26 bits per heavy atom. The van der Waals surface area contributed by atoms with Crippen LogP contribution in [0.1, 0.15) is 21.5 Å². The maximum Gasteiger partial charge on any atom is 0.325 e. The van der Waals surface area contributed by atoms with E-state index in [1.807, 2.05) is 13.0 Å². The third kappa shape index (κ3) is 3.41. The summed E-state index contributed by atoms with van der Waals surface area (Å²) >= 11 is 1.44. The van der Waals surface area contributed by atoms with E-state index in [0.717, 1.165) is 11.3 Å². The molecule has 2 aromatic heterocycles. The number of rotatable bonds is 5. The smallest absolute Gasteiger partial charge is 0.325 e. The number of amides is 1. The van der Waals surface area contributed by atoms with Crippen molar-refractivity contribution >= 4 is 28.9 Å². The Morgan fingerprint density at radius 1 is 1.47 bits per heavy atom. The summed E-state index contributed by atoms with van der Waals surface area (Å²) < 4.78 is 1.25. The van der Waals surface area contributed by atoms with Crippen LogP contribution in [0.3, 0.4) is 0 Å². The normalized spacial score (nSPS) is 10.4. The van der Waals surface area contributed by atoms with Gasteiger partial charge in [0.2, 0.25) is 0 Å².